The van der Waals surface area contributed by atoms with E-state index in [0.717, 1.165) is 0 Å². The summed E-state index contributed by atoms with van der Waals surface area (Å²) in [7, 11) is 0. The van der Waals surface area contributed by atoms with Crippen LogP contribution in [0.15, 0.2) is 23.5 Å². The zero-order chi connectivity index (χ0) is 12.2. The van der Waals surface area contributed by atoms with Gasteiger partial charge in [-0.05, 0) is 32.9 Å². The van der Waals surface area contributed by atoms with Gasteiger partial charge in [0.25, 0.3) is 5.91 Å². The Bertz CT molecular complexity index is 391. The van der Waals surface area contributed by atoms with Crippen LogP contribution in [0.25, 0.3) is 0 Å². The summed E-state index contributed by atoms with van der Waals surface area (Å²) < 4.78 is 0. The number of hydrogen-bond donors (Lipinski definition) is 2. The molecule has 0 radical (unpaired) electrons. The van der Waals surface area contributed by atoms with Crippen LogP contribution in [-0.4, -0.2) is 27.9 Å². The first-order valence-electron chi connectivity index (χ1n) is 4.88. The van der Waals surface area contributed by atoms with Crippen molar-refractivity contribution >= 4 is 12.1 Å². The van der Waals surface area contributed by atoms with Crippen LogP contribution in [0, 0.1) is 0 Å². The van der Waals surface area contributed by atoms with E-state index in [9.17, 15) is 4.79 Å². The van der Waals surface area contributed by atoms with Gasteiger partial charge in [0.15, 0.2) is 0 Å². The Morgan fingerprint density at radius 2 is 2.19 bits per heavy atom. The Morgan fingerprint density at radius 3 is 2.62 bits per heavy atom. The maximum Gasteiger partial charge on any atom is 0.253 e. The van der Waals surface area contributed by atoms with E-state index in [2.05, 4.69) is 15.5 Å². The normalized spacial score (nSPS) is 11.7. The smallest absolute Gasteiger partial charge is 0.253 e. The lowest BCUT2D eigenvalue weighted by Crippen LogP contribution is -2.40. The van der Waals surface area contributed by atoms with Crippen molar-refractivity contribution in [2.45, 2.75) is 26.3 Å². The highest BCUT2D eigenvalue weighted by molar-refractivity contribution is 5.94. The Labute approximate surface area is 94.2 Å². The predicted molar refractivity (Wildman–Crippen MR) is 60.8 cm³/mol. The Morgan fingerprint density at radius 1 is 1.50 bits per heavy atom. The largest absolute Gasteiger partial charge is 0.411 e. The number of pyridine rings is 1. The molecule has 1 amide bonds. The summed E-state index contributed by atoms with van der Waals surface area (Å²) in [5.41, 5.74) is 0.697. The summed E-state index contributed by atoms with van der Waals surface area (Å²) in [6, 6.07) is 3.24. The van der Waals surface area contributed by atoms with E-state index < -0.39 is 0 Å². The molecule has 16 heavy (non-hydrogen) atoms. The second-order valence-electron chi connectivity index (χ2n) is 4.42. The molecule has 1 heterocycles. The first-order chi connectivity index (χ1) is 7.42. The van der Waals surface area contributed by atoms with Gasteiger partial charge in [0.2, 0.25) is 0 Å². The molecule has 5 nitrogen and oxygen atoms in total. The van der Waals surface area contributed by atoms with Gasteiger partial charge in [-0.1, -0.05) is 5.16 Å². The molecule has 0 saturated carbocycles. The highest BCUT2D eigenvalue weighted by Gasteiger charge is 2.15. The zero-order valence-corrected chi connectivity index (χ0v) is 9.56. The van der Waals surface area contributed by atoms with Crippen LogP contribution in [0.5, 0.6) is 0 Å². The monoisotopic (exact) mass is 221 g/mol. The topological polar surface area (TPSA) is 74.6 Å². The highest BCUT2D eigenvalue weighted by Crippen LogP contribution is 2.04. The number of nitrogens with zero attached hydrogens (tertiary/aromatic N) is 2. The summed E-state index contributed by atoms with van der Waals surface area (Å²) in [5.74, 6) is -0.174. The van der Waals surface area contributed by atoms with Crippen LogP contribution in [-0.2, 0) is 0 Å². The second-order valence-corrected chi connectivity index (χ2v) is 4.42. The van der Waals surface area contributed by atoms with Crippen molar-refractivity contribution in [3.05, 3.63) is 29.6 Å². The molecule has 2 N–H and O–H groups in total. The standard InChI is InChI=1S/C11H15N3O2/c1-11(2,3)14-10(15)8-4-5-9(7-13-16)12-6-8/h4-7,16H,1-3H3,(H,14,15)/b13-7+. The van der Waals surface area contributed by atoms with Crippen LogP contribution >= 0.6 is 0 Å². The van der Waals surface area contributed by atoms with Gasteiger partial charge in [-0.25, -0.2) is 0 Å². The molecule has 0 fully saturated rings. The quantitative estimate of drug-likeness (QED) is 0.450. The van der Waals surface area contributed by atoms with Crippen LogP contribution < -0.4 is 5.32 Å². The van der Waals surface area contributed by atoms with Crippen molar-refractivity contribution in [3.63, 3.8) is 0 Å². The Hall–Kier alpha value is -1.91. The summed E-state index contributed by atoms with van der Waals surface area (Å²) in [6.45, 7) is 5.72. The molecule has 0 bridgehead atoms. The molecule has 0 unspecified atom stereocenters. The highest BCUT2D eigenvalue weighted by atomic mass is 16.4. The van der Waals surface area contributed by atoms with E-state index in [4.69, 9.17) is 5.21 Å². The Balaban J connectivity index is 2.78. The number of nitrogens with one attached hydrogen (secondary N) is 1. The molecule has 0 aromatic carbocycles. The molecule has 0 aliphatic carbocycles. The Kier molecular flexibility index (Phi) is 3.60. The fourth-order valence-electron chi connectivity index (χ4n) is 1.09. The van der Waals surface area contributed by atoms with Crippen LogP contribution in [0.4, 0.5) is 0 Å². The lowest BCUT2D eigenvalue weighted by atomic mass is 10.1. The number of carbonyl (C=O) groups is 1. The van der Waals surface area contributed by atoms with Crippen LogP contribution in [0.3, 0.4) is 0 Å². The van der Waals surface area contributed by atoms with Gasteiger partial charge in [-0.3, -0.25) is 9.78 Å². The fourth-order valence-corrected chi connectivity index (χ4v) is 1.09. The van der Waals surface area contributed by atoms with E-state index in [1.54, 1.807) is 12.1 Å². The van der Waals surface area contributed by atoms with Gasteiger partial charge >= 0.3 is 0 Å². The molecule has 0 aliphatic heterocycles. The SMILES string of the molecule is CC(C)(C)NC(=O)c1ccc(/C=N/O)nc1. The second kappa shape index (κ2) is 4.74. The molecule has 0 aliphatic rings. The molecular formula is C11H15N3O2. The summed E-state index contributed by atoms with van der Waals surface area (Å²) in [4.78, 5) is 15.6. The lowest BCUT2D eigenvalue weighted by molar-refractivity contribution is 0.0919. The maximum atomic E-state index is 11.7. The lowest BCUT2D eigenvalue weighted by Gasteiger charge is -2.20. The van der Waals surface area contributed by atoms with Gasteiger partial charge in [0, 0.05) is 11.7 Å². The van der Waals surface area contributed by atoms with Crippen molar-refractivity contribution < 1.29 is 10.0 Å². The minimum Gasteiger partial charge on any atom is -0.411 e. The number of rotatable bonds is 2. The minimum atomic E-state index is -0.275. The molecule has 0 saturated heterocycles. The van der Waals surface area contributed by atoms with Crippen molar-refractivity contribution in [2.24, 2.45) is 5.16 Å². The molecule has 1 aromatic rings. The van der Waals surface area contributed by atoms with E-state index in [1.807, 2.05) is 20.8 Å². The first-order valence-corrected chi connectivity index (χ1v) is 4.88. The maximum absolute atomic E-state index is 11.7. The molecule has 1 aromatic heterocycles. The number of carbonyl (C=O) groups excluding carboxylic acids is 1. The third-order valence-corrected chi connectivity index (χ3v) is 1.73. The average Bonchev–Trinajstić information content (AvgIpc) is 2.16. The fraction of sp³-hybridized carbons (Fsp3) is 0.364. The number of hydrogen-bond acceptors (Lipinski definition) is 4. The van der Waals surface area contributed by atoms with Gasteiger partial charge in [-0.2, -0.15) is 0 Å². The molecule has 5 heteroatoms. The van der Waals surface area contributed by atoms with Crippen LogP contribution in [0.2, 0.25) is 0 Å². The number of amides is 1. The molecule has 0 atom stereocenters. The van der Waals surface area contributed by atoms with Gasteiger partial charge < -0.3 is 10.5 Å². The van der Waals surface area contributed by atoms with E-state index in [1.165, 1.54) is 12.4 Å². The van der Waals surface area contributed by atoms with Gasteiger partial charge in [-0.15, -0.1) is 0 Å². The van der Waals surface area contributed by atoms with E-state index in [-0.39, 0.29) is 11.4 Å². The third kappa shape index (κ3) is 3.68. The van der Waals surface area contributed by atoms with E-state index in [0.29, 0.717) is 11.3 Å². The third-order valence-electron chi connectivity index (χ3n) is 1.73. The average molecular weight is 221 g/mol. The van der Waals surface area contributed by atoms with Crippen molar-refractivity contribution in [2.75, 3.05) is 0 Å². The molecule has 86 valence electrons. The summed E-state index contributed by atoms with van der Waals surface area (Å²) in [5, 5.41) is 14.0. The molecule has 1 rings (SSSR count). The molecular weight excluding hydrogens is 206 g/mol. The van der Waals surface area contributed by atoms with Crippen molar-refractivity contribution in [1.29, 1.82) is 0 Å². The minimum absolute atomic E-state index is 0.174. The first kappa shape index (κ1) is 12.2. The predicted octanol–water partition coefficient (Wildman–Crippen LogP) is 1.42. The number of oxime groups is 1. The van der Waals surface area contributed by atoms with Crippen molar-refractivity contribution in [1.82, 2.24) is 10.3 Å². The van der Waals surface area contributed by atoms with Crippen molar-refractivity contribution in [3.8, 4) is 0 Å². The van der Waals surface area contributed by atoms with Gasteiger partial charge in [0.1, 0.15) is 0 Å². The van der Waals surface area contributed by atoms with E-state index >= 15 is 0 Å². The zero-order valence-electron chi connectivity index (χ0n) is 9.56. The summed E-state index contributed by atoms with van der Waals surface area (Å²) >= 11 is 0. The van der Waals surface area contributed by atoms with Crippen LogP contribution in [0.1, 0.15) is 36.8 Å². The van der Waals surface area contributed by atoms with Gasteiger partial charge in [0.05, 0.1) is 17.5 Å². The molecule has 0 spiro atoms. The summed E-state index contributed by atoms with van der Waals surface area (Å²) in [6.07, 6.45) is 2.64. The number of aromatic nitrogens is 1.